The van der Waals surface area contributed by atoms with Crippen LogP contribution < -0.4 is 5.32 Å². The van der Waals surface area contributed by atoms with Gasteiger partial charge >= 0.3 is 6.55 Å². The number of carbonyl (C=O) groups excluding carboxylic acids is 1. The van der Waals surface area contributed by atoms with E-state index in [9.17, 15) is 13.6 Å². The average Bonchev–Trinajstić information content (AvgIpc) is 3.20. The van der Waals surface area contributed by atoms with E-state index in [2.05, 4.69) is 20.6 Å². The number of nitrogens with zero attached hydrogens (tertiary/aromatic N) is 4. The maximum Gasteiger partial charge on any atom is 0.333 e. The summed E-state index contributed by atoms with van der Waals surface area (Å²) in [6.07, 6.45) is -0.0452. The molecule has 1 N–H and O–H groups in total. The molecule has 0 bridgehead atoms. The van der Waals surface area contributed by atoms with Gasteiger partial charge in [0, 0.05) is 17.0 Å². The second-order valence-corrected chi connectivity index (χ2v) is 7.94. The molecule has 1 amide bonds. The molecule has 2 aromatic heterocycles. The molecular formula is C17H17F2N5OS2. The number of hydrogen-bond donors (Lipinski definition) is 1. The van der Waals surface area contributed by atoms with E-state index >= 15 is 0 Å². The molecule has 0 aliphatic heterocycles. The van der Waals surface area contributed by atoms with Crippen LogP contribution in [0.5, 0.6) is 0 Å². The molecule has 10 heteroatoms. The van der Waals surface area contributed by atoms with Crippen molar-refractivity contribution < 1.29 is 13.6 Å². The first-order valence-electron chi connectivity index (χ1n) is 8.07. The third-order valence-corrected chi connectivity index (χ3v) is 5.90. The number of halogens is 2. The maximum absolute atomic E-state index is 12.9. The summed E-state index contributed by atoms with van der Waals surface area (Å²) in [5.74, 6) is 0.417. The number of nitrogens with one attached hydrogen (secondary N) is 1. The minimum absolute atomic E-state index is 0.0452. The second kappa shape index (κ2) is 8.57. The fourth-order valence-corrected chi connectivity index (χ4v) is 4.23. The fraction of sp³-hybridized carbons (Fsp3) is 0.294. The van der Waals surface area contributed by atoms with Crippen LogP contribution in [0, 0.1) is 13.8 Å². The summed E-state index contributed by atoms with van der Waals surface area (Å²) in [5, 5.41) is 14.9. The predicted octanol–water partition coefficient (Wildman–Crippen LogP) is 4.22. The molecule has 3 rings (SSSR count). The van der Waals surface area contributed by atoms with E-state index in [1.807, 2.05) is 30.3 Å². The minimum atomic E-state index is -2.73. The second-order valence-electron chi connectivity index (χ2n) is 5.74. The number of carbonyl (C=O) groups is 1. The summed E-state index contributed by atoms with van der Waals surface area (Å²) in [6, 6.07) is 9.96. The van der Waals surface area contributed by atoms with Crippen LogP contribution >= 0.6 is 23.1 Å². The van der Waals surface area contributed by atoms with Crippen molar-refractivity contribution in [3.05, 3.63) is 52.8 Å². The molecule has 6 nitrogen and oxygen atoms in total. The van der Waals surface area contributed by atoms with Crippen LogP contribution in [0.1, 0.15) is 29.1 Å². The first kappa shape index (κ1) is 19.4. The lowest BCUT2D eigenvalue weighted by Gasteiger charge is -2.04. The molecule has 0 aliphatic carbocycles. The smallest absolute Gasteiger partial charge is 0.300 e. The molecular weight excluding hydrogens is 392 g/mol. The third-order valence-electron chi connectivity index (χ3n) is 3.86. The Hall–Kier alpha value is -2.33. The molecule has 3 aromatic rings. The van der Waals surface area contributed by atoms with Gasteiger partial charge < -0.3 is 5.32 Å². The molecule has 0 saturated heterocycles. The van der Waals surface area contributed by atoms with Gasteiger partial charge in [0.15, 0.2) is 4.34 Å². The molecule has 0 fully saturated rings. The number of hydrogen-bond acceptors (Lipinski definition) is 6. The third kappa shape index (κ3) is 4.89. The van der Waals surface area contributed by atoms with E-state index < -0.39 is 6.55 Å². The highest BCUT2D eigenvalue weighted by molar-refractivity contribution is 8.00. The van der Waals surface area contributed by atoms with Crippen molar-refractivity contribution in [3.63, 3.8) is 0 Å². The lowest BCUT2D eigenvalue weighted by molar-refractivity contribution is -0.115. The van der Waals surface area contributed by atoms with Crippen molar-refractivity contribution in [1.82, 2.24) is 20.0 Å². The van der Waals surface area contributed by atoms with Crippen LogP contribution in [-0.2, 0) is 17.0 Å². The van der Waals surface area contributed by atoms with Crippen molar-refractivity contribution in [2.45, 2.75) is 36.9 Å². The van der Waals surface area contributed by atoms with Gasteiger partial charge in [0.1, 0.15) is 0 Å². The molecule has 1 aromatic carbocycles. The highest BCUT2D eigenvalue weighted by atomic mass is 32.2. The van der Waals surface area contributed by atoms with Crippen molar-refractivity contribution in [1.29, 1.82) is 0 Å². The quantitative estimate of drug-likeness (QED) is 0.467. The summed E-state index contributed by atoms with van der Waals surface area (Å²) in [6.45, 7) is 0.406. The van der Waals surface area contributed by atoms with Crippen LogP contribution in [0.4, 0.5) is 13.9 Å². The van der Waals surface area contributed by atoms with Crippen LogP contribution in [0.25, 0.3) is 0 Å². The Morgan fingerprint density at radius 2 is 2.00 bits per heavy atom. The number of amides is 1. The molecule has 0 saturated carbocycles. The van der Waals surface area contributed by atoms with E-state index in [1.165, 1.54) is 35.6 Å². The highest BCUT2D eigenvalue weighted by Gasteiger charge is 2.19. The largest absolute Gasteiger partial charge is 0.333 e. The van der Waals surface area contributed by atoms with Crippen molar-refractivity contribution >= 4 is 34.1 Å². The standard InChI is InChI=1S/C17H17F2N5OS2/c1-10-13(11(2)24(23-10)15(18)19)8-14(25)20-16-21-22-17(27-16)26-9-12-6-4-3-5-7-12/h3-7,15H,8-9H2,1-2H3,(H,20,21,25). The highest BCUT2D eigenvalue weighted by Crippen LogP contribution is 2.28. The summed E-state index contributed by atoms with van der Waals surface area (Å²) in [7, 11) is 0. The lowest BCUT2D eigenvalue weighted by atomic mass is 10.1. The van der Waals surface area contributed by atoms with E-state index in [-0.39, 0.29) is 18.0 Å². The van der Waals surface area contributed by atoms with Gasteiger partial charge in [-0.25, -0.2) is 4.68 Å². The number of thioether (sulfide) groups is 1. The molecule has 0 atom stereocenters. The molecule has 27 heavy (non-hydrogen) atoms. The van der Waals surface area contributed by atoms with Gasteiger partial charge in [-0.15, -0.1) is 10.2 Å². The van der Waals surface area contributed by atoms with Gasteiger partial charge in [-0.3, -0.25) is 4.79 Å². The first-order chi connectivity index (χ1) is 12.9. The zero-order chi connectivity index (χ0) is 19.4. The Balaban J connectivity index is 1.58. The maximum atomic E-state index is 12.9. The number of aromatic nitrogens is 4. The molecule has 0 radical (unpaired) electrons. The van der Waals surface area contributed by atoms with Gasteiger partial charge in [-0.05, 0) is 19.4 Å². The summed E-state index contributed by atoms with van der Waals surface area (Å²) < 4.78 is 27.1. The fourth-order valence-electron chi connectivity index (χ4n) is 2.50. The van der Waals surface area contributed by atoms with E-state index in [0.717, 1.165) is 10.1 Å². The molecule has 0 aliphatic rings. The normalized spacial score (nSPS) is 11.1. The van der Waals surface area contributed by atoms with Crippen molar-refractivity contribution in [2.75, 3.05) is 5.32 Å². The van der Waals surface area contributed by atoms with Gasteiger partial charge in [0.2, 0.25) is 11.0 Å². The van der Waals surface area contributed by atoms with Gasteiger partial charge in [-0.1, -0.05) is 53.4 Å². The topological polar surface area (TPSA) is 72.7 Å². The van der Waals surface area contributed by atoms with Crippen molar-refractivity contribution in [2.24, 2.45) is 0 Å². The summed E-state index contributed by atoms with van der Waals surface area (Å²) in [5.41, 5.74) is 2.37. The van der Waals surface area contributed by atoms with E-state index in [4.69, 9.17) is 0 Å². The Labute approximate surface area is 163 Å². The van der Waals surface area contributed by atoms with Crippen LogP contribution in [-0.4, -0.2) is 25.9 Å². The average molecular weight is 409 g/mol. The van der Waals surface area contributed by atoms with Crippen LogP contribution in [0.15, 0.2) is 34.7 Å². The molecule has 142 valence electrons. The number of rotatable bonds is 7. The Morgan fingerprint density at radius 1 is 1.26 bits per heavy atom. The Bertz CT molecular complexity index is 927. The molecule has 0 unspecified atom stereocenters. The summed E-state index contributed by atoms with van der Waals surface area (Å²) >= 11 is 2.81. The first-order valence-corrected chi connectivity index (χ1v) is 9.87. The molecule has 0 spiro atoms. The lowest BCUT2D eigenvalue weighted by Crippen LogP contribution is -2.15. The van der Waals surface area contributed by atoms with Crippen LogP contribution in [0.2, 0.25) is 0 Å². The number of aryl methyl sites for hydroxylation is 1. The van der Waals surface area contributed by atoms with E-state index in [1.54, 1.807) is 6.92 Å². The van der Waals surface area contributed by atoms with Gasteiger partial charge in [0.25, 0.3) is 0 Å². The Kier molecular flexibility index (Phi) is 6.17. The van der Waals surface area contributed by atoms with E-state index in [0.29, 0.717) is 21.1 Å². The van der Waals surface area contributed by atoms with Crippen molar-refractivity contribution in [3.8, 4) is 0 Å². The Morgan fingerprint density at radius 3 is 2.67 bits per heavy atom. The predicted molar refractivity (Wildman–Crippen MR) is 101 cm³/mol. The number of alkyl halides is 2. The SMILES string of the molecule is Cc1nn(C(F)F)c(C)c1CC(=O)Nc1nnc(SCc2ccccc2)s1. The molecule has 2 heterocycles. The zero-order valence-corrected chi connectivity index (χ0v) is 16.3. The zero-order valence-electron chi connectivity index (χ0n) is 14.6. The number of benzene rings is 1. The van der Waals surface area contributed by atoms with Gasteiger partial charge in [-0.2, -0.15) is 13.9 Å². The monoisotopic (exact) mass is 409 g/mol. The van der Waals surface area contributed by atoms with Gasteiger partial charge in [0.05, 0.1) is 12.1 Å². The minimum Gasteiger partial charge on any atom is -0.300 e. The van der Waals surface area contributed by atoms with Crippen LogP contribution in [0.3, 0.4) is 0 Å². The summed E-state index contributed by atoms with van der Waals surface area (Å²) in [4.78, 5) is 12.3. The number of anilines is 1.